The summed E-state index contributed by atoms with van der Waals surface area (Å²) in [7, 11) is 0. The molecule has 19 heavy (non-hydrogen) atoms. The van der Waals surface area contributed by atoms with Gasteiger partial charge in [0, 0.05) is 16.6 Å². The Morgan fingerprint density at radius 2 is 2.26 bits per heavy atom. The maximum absolute atomic E-state index is 9.65. The second kappa shape index (κ2) is 6.35. The van der Waals surface area contributed by atoms with Crippen LogP contribution in [0.4, 0.5) is 0 Å². The molecule has 1 aliphatic heterocycles. The molecule has 1 heterocycles. The topological polar surface area (TPSA) is 49.5 Å². The number of aliphatic hydroxyl groups excluding tert-OH is 1. The highest BCUT2D eigenvalue weighted by atomic mass is 79.9. The van der Waals surface area contributed by atoms with Crippen molar-refractivity contribution in [2.75, 3.05) is 13.2 Å². The second-order valence-electron chi connectivity index (χ2n) is 5.61. The molecule has 1 aromatic rings. The Labute approximate surface area is 123 Å². The van der Waals surface area contributed by atoms with Crippen molar-refractivity contribution in [3.05, 3.63) is 34.3 Å². The van der Waals surface area contributed by atoms with Crippen molar-refractivity contribution in [3.63, 3.8) is 0 Å². The molecule has 4 atom stereocenters. The van der Waals surface area contributed by atoms with Crippen LogP contribution in [-0.4, -0.2) is 35.2 Å². The van der Waals surface area contributed by atoms with Crippen LogP contribution in [0.15, 0.2) is 28.7 Å². The van der Waals surface area contributed by atoms with Crippen LogP contribution in [0.25, 0.3) is 0 Å². The van der Waals surface area contributed by atoms with Gasteiger partial charge in [-0.1, -0.05) is 35.0 Å². The van der Waals surface area contributed by atoms with E-state index in [1.807, 2.05) is 19.1 Å². The molecule has 3 N–H and O–H groups in total. The van der Waals surface area contributed by atoms with E-state index >= 15 is 0 Å². The third-order valence-electron chi connectivity index (χ3n) is 4.16. The fourth-order valence-corrected chi connectivity index (χ4v) is 3.57. The highest BCUT2D eigenvalue weighted by Crippen LogP contribution is 2.34. The molecule has 0 spiro atoms. The van der Waals surface area contributed by atoms with E-state index in [0.29, 0.717) is 5.92 Å². The van der Waals surface area contributed by atoms with Crippen LogP contribution in [0.5, 0.6) is 0 Å². The van der Waals surface area contributed by atoms with E-state index in [0.717, 1.165) is 17.4 Å². The summed E-state index contributed by atoms with van der Waals surface area (Å²) in [6.45, 7) is 5.46. The van der Waals surface area contributed by atoms with Gasteiger partial charge in [-0.05, 0) is 43.5 Å². The first kappa shape index (κ1) is 15.0. The normalized spacial score (nSPS) is 27.4. The van der Waals surface area contributed by atoms with E-state index in [9.17, 15) is 5.11 Å². The summed E-state index contributed by atoms with van der Waals surface area (Å²) in [5.74, 6) is 0.526. The van der Waals surface area contributed by atoms with E-state index < -0.39 is 0 Å². The van der Waals surface area contributed by atoms with Crippen molar-refractivity contribution < 1.29 is 5.11 Å². The van der Waals surface area contributed by atoms with Gasteiger partial charge in [-0.25, -0.2) is 0 Å². The van der Waals surface area contributed by atoms with Crippen molar-refractivity contribution in [2.45, 2.75) is 38.4 Å². The summed E-state index contributed by atoms with van der Waals surface area (Å²) in [5.41, 5.74) is 7.44. The highest BCUT2D eigenvalue weighted by Gasteiger charge is 2.37. The van der Waals surface area contributed by atoms with Gasteiger partial charge in [-0.2, -0.15) is 0 Å². The average Bonchev–Trinajstić information content (AvgIpc) is 2.70. The zero-order valence-electron chi connectivity index (χ0n) is 11.6. The highest BCUT2D eigenvalue weighted by molar-refractivity contribution is 9.10. The van der Waals surface area contributed by atoms with Gasteiger partial charge >= 0.3 is 0 Å². The average molecular weight is 327 g/mol. The summed E-state index contributed by atoms with van der Waals surface area (Å²) < 4.78 is 1.07. The lowest BCUT2D eigenvalue weighted by Gasteiger charge is -2.36. The Balaban J connectivity index is 2.30. The minimum atomic E-state index is 0.0358. The molecule has 106 valence electrons. The van der Waals surface area contributed by atoms with Gasteiger partial charge in [0.1, 0.15) is 0 Å². The summed E-state index contributed by atoms with van der Waals surface area (Å²) >= 11 is 3.52. The Hall–Kier alpha value is -0.420. The Morgan fingerprint density at radius 3 is 2.84 bits per heavy atom. The number of nitrogens with zero attached hydrogens (tertiary/aromatic N) is 1. The molecule has 0 bridgehead atoms. The zero-order chi connectivity index (χ0) is 14.0. The summed E-state index contributed by atoms with van der Waals surface area (Å²) in [6.07, 6.45) is 1.13. The molecule has 2 rings (SSSR count). The first-order chi connectivity index (χ1) is 9.04. The fraction of sp³-hybridized carbons (Fsp3) is 0.600. The Kier molecular flexibility index (Phi) is 5.01. The minimum Gasteiger partial charge on any atom is -0.395 e. The Morgan fingerprint density at radius 1 is 1.53 bits per heavy atom. The largest absolute Gasteiger partial charge is 0.395 e. The lowest BCUT2D eigenvalue weighted by molar-refractivity contribution is 0.0927. The zero-order valence-corrected chi connectivity index (χ0v) is 13.2. The molecular formula is C15H23BrN2O. The van der Waals surface area contributed by atoms with E-state index in [4.69, 9.17) is 5.73 Å². The Bertz CT molecular complexity index is 424. The van der Waals surface area contributed by atoms with Crippen LogP contribution in [-0.2, 0) is 0 Å². The molecule has 4 heteroatoms. The van der Waals surface area contributed by atoms with E-state index in [-0.39, 0.29) is 24.7 Å². The molecule has 3 nitrogen and oxygen atoms in total. The number of rotatable bonds is 4. The molecule has 0 amide bonds. The van der Waals surface area contributed by atoms with Gasteiger partial charge in [-0.3, -0.25) is 4.90 Å². The standard InChI is InChI=1S/C15H23BrN2O/c1-10-6-7-18(14(10)9-19)15(11(2)17)12-4-3-5-13(16)8-12/h3-5,8,10-11,14-15,19H,6-7,9,17H2,1-2H3. The maximum Gasteiger partial charge on any atom is 0.0589 e. The van der Waals surface area contributed by atoms with E-state index in [1.54, 1.807) is 0 Å². The molecule has 4 unspecified atom stereocenters. The minimum absolute atomic E-state index is 0.0358. The number of likely N-dealkylation sites (tertiary alicyclic amines) is 1. The smallest absolute Gasteiger partial charge is 0.0589 e. The molecule has 1 fully saturated rings. The van der Waals surface area contributed by atoms with Crippen LogP contribution in [0.2, 0.25) is 0 Å². The lowest BCUT2D eigenvalue weighted by Crippen LogP contribution is -2.44. The molecule has 1 saturated heterocycles. The predicted molar refractivity (Wildman–Crippen MR) is 81.9 cm³/mol. The first-order valence-corrected chi connectivity index (χ1v) is 7.71. The number of nitrogens with two attached hydrogens (primary N) is 1. The molecule has 0 saturated carbocycles. The number of hydrogen-bond donors (Lipinski definition) is 2. The van der Waals surface area contributed by atoms with Gasteiger partial charge in [0.15, 0.2) is 0 Å². The van der Waals surface area contributed by atoms with Crippen molar-refractivity contribution in [1.82, 2.24) is 4.90 Å². The third kappa shape index (κ3) is 3.19. The van der Waals surface area contributed by atoms with Crippen LogP contribution in [0, 0.1) is 5.92 Å². The van der Waals surface area contributed by atoms with Crippen molar-refractivity contribution in [1.29, 1.82) is 0 Å². The van der Waals surface area contributed by atoms with Crippen molar-refractivity contribution in [3.8, 4) is 0 Å². The third-order valence-corrected chi connectivity index (χ3v) is 4.65. The van der Waals surface area contributed by atoms with Crippen molar-refractivity contribution >= 4 is 15.9 Å². The number of aliphatic hydroxyl groups is 1. The van der Waals surface area contributed by atoms with Crippen LogP contribution < -0.4 is 5.73 Å². The fourth-order valence-electron chi connectivity index (χ4n) is 3.16. The number of hydrogen-bond acceptors (Lipinski definition) is 3. The van der Waals surface area contributed by atoms with Gasteiger partial charge in [0.25, 0.3) is 0 Å². The molecule has 0 aromatic heterocycles. The second-order valence-corrected chi connectivity index (χ2v) is 6.53. The molecule has 0 aliphatic carbocycles. The predicted octanol–water partition coefficient (Wildman–Crippen LogP) is 2.54. The quantitative estimate of drug-likeness (QED) is 0.893. The molecule has 1 aromatic carbocycles. The van der Waals surface area contributed by atoms with Crippen LogP contribution in [0.1, 0.15) is 31.9 Å². The van der Waals surface area contributed by atoms with E-state index in [2.05, 4.69) is 39.9 Å². The van der Waals surface area contributed by atoms with Gasteiger partial charge in [0.05, 0.1) is 12.6 Å². The molecule has 1 aliphatic rings. The van der Waals surface area contributed by atoms with Crippen LogP contribution >= 0.6 is 15.9 Å². The van der Waals surface area contributed by atoms with Gasteiger partial charge in [0.2, 0.25) is 0 Å². The summed E-state index contributed by atoms with van der Waals surface area (Å²) in [5, 5.41) is 9.65. The van der Waals surface area contributed by atoms with Crippen molar-refractivity contribution in [2.24, 2.45) is 11.7 Å². The lowest BCUT2D eigenvalue weighted by atomic mass is 9.97. The monoisotopic (exact) mass is 326 g/mol. The first-order valence-electron chi connectivity index (χ1n) is 6.92. The SMILES string of the molecule is CC(N)C(c1cccc(Br)c1)N1CCC(C)C1CO. The summed E-state index contributed by atoms with van der Waals surface area (Å²) in [4.78, 5) is 2.37. The van der Waals surface area contributed by atoms with E-state index in [1.165, 1.54) is 5.56 Å². The maximum atomic E-state index is 9.65. The molecular weight excluding hydrogens is 304 g/mol. The van der Waals surface area contributed by atoms with Gasteiger partial charge < -0.3 is 10.8 Å². The van der Waals surface area contributed by atoms with Crippen LogP contribution in [0.3, 0.4) is 0 Å². The summed E-state index contributed by atoms with van der Waals surface area (Å²) in [6, 6.07) is 8.74. The molecule has 0 radical (unpaired) electrons. The number of benzene rings is 1. The van der Waals surface area contributed by atoms with Gasteiger partial charge in [-0.15, -0.1) is 0 Å². The number of halogens is 1.